The average molecular weight is 350 g/mol. The Bertz CT molecular complexity index is 760. The van der Waals surface area contributed by atoms with Crippen LogP contribution in [0.3, 0.4) is 0 Å². The van der Waals surface area contributed by atoms with E-state index in [9.17, 15) is 4.79 Å². The highest BCUT2D eigenvalue weighted by Gasteiger charge is 2.31. The molecule has 1 aliphatic heterocycles. The van der Waals surface area contributed by atoms with Crippen molar-refractivity contribution in [3.8, 4) is 11.8 Å². The number of allylic oxidation sites excluding steroid dienone is 1. The molecule has 0 spiro atoms. The van der Waals surface area contributed by atoms with Crippen LogP contribution in [0.2, 0.25) is 0 Å². The van der Waals surface area contributed by atoms with Gasteiger partial charge in [-0.05, 0) is 37.6 Å². The van der Waals surface area contributed by atoms with Crippen LogP contribution in [-0.4, -0.2) is 17.2 Å². The number of nitrogens with zero attached hydrogens (tertiary/aromatic N) is 1. The summed E-state index contributed by atoms with van der Waals surface area (Å²) in [7, 11) is 0. The first-order chi connectivity index (χ1) is 12.6. The van der Waals surface area contributed by atoms with Crippen LogP contribution in [0.4, 0.5) is 4.79 Å². The maximum Gasteiger partial charge on any atom is 0.408 e. The van der Waals surface area contributed by atoms with Crippen LogP contribution in [0, 0.1) is 11.8 Å². The Balaban J connectivity index is 0.000000615. The van der Waals surface area contributed by atoms with Crippen LogP contribution in [0.5, 0.6) is 0 Å². The molecule has 26 heavy (non-hydrogen) atoms. The van der Waals surface area contributed by atoms with E-state index in [1.807, 2.05) is 64.1 Å². The largest absolute Gasteiger partial charge is 0.444 e. The fourth-order valence-corrected chi connectivity index (χ4v) is 2.23. The number of carbonyl (C=O) groups excluding carboxylic acids is 1. The van der Waals surface area contributed by atoms with Crippen LogP contribution in [0.1, 0.15) is 50.4 Å². The first-order valence-corrected chi connectivity index (χ1v) is 8.70. The second-order valence-corrected chi connectivity index (χ2v) is 5.26. The van der Waals surface area contributed by atoms with Crippen molar-refractivity contribution in [3.05, 3.63) is 78.1 Å². The van der Waals surface area contributed by atoms with Gasteiger partial charge in [0, 0.05) is 23.5 Å². The normalized spacial score (nSPS) is 17.0. The highest BCUT2D eigenvalue weighted by Crippen LogP contribution is 2.24. The van der Waals surface area contributed by atoms with Crippen molar-refractivity contribution in [2.75, 3.05) is 0 Å². The van der Waals surface area contributed by atoms with E-state index in [2.05, 4.69) is 28.7 Å². The third kappa shape index (κ3) is 6.45. The zero-order chi connectivity index (χ0) is 19.4. The molecule has 0 unspecified atom stereocenters. The molecule has 136 valence electrons. The third-order valence-electron chi connectivity index (χ3n) is 3.28. The molecule has 1 saturated heterocycles. The van der Waals surface area contributed by atoms with Gasteiger partial charge >= 0.3 is 6.09 Å². The highest BCUT2D eigenvalue weighted by molar-refractivity contribution is 5.70. The molecule has 2 aromatic rings. The van der Waals surface area contributed by atoms with E-state index in [-0.39, 0.29) is 12.1 Å². The van der Waals surface area contributed by atoms with Gasteiger partial charge in [0.05, 0.1) is 6.04 Å². The lowest BCUT2D eigenvalue weighted by molar-refractivity contribution is 0.141. The summed E-state index contributed by atoms with van der Waals surface area (Å²) in [6.45, 7) is 11.1. The van der Waals surface area contributed by atoms with Crippen molar-refractivity contribution < 1.29 is 9.53 Å². The molecule has 0 saturated carbocycles. The van der Waals surface area contributed by atoms with Crippen LogP contribution >= 0.6 is 0 Å². The molecule has 2 heterocycles. The molecule has 4 heteroatoms. The van der Waals surface area contributed by atoms with Crippen molar-refractivity contribution in [1.82, 2.24) is 10.3 Å². The Morgan fingerprint density at radius 2 is 1.77 bits per heavy atom. The Kier molecular flexibility index (Phi) is 9.27. The molecule has 2 atom stereocenters. The minimum Gasteiger partial charge on any atom is -0.444 e. The van der Waals surface area contributed by atoms with Crippen molar-refractivity contribution in [1.29, 1.82) is 0 Å². The molecule has 3 rings (SSSR count). The van der Waals surface area contributed by atoms with Crippen molar-refractivity contribution in [3.63, 3.8) is 0 Å². The number of hydrogen-bond acceptors (Lipinski definition) is 3. The maximum atomic E-state index is 11.3. The molecular weight excluding hydrogens is 324 g/mol. The number of nitrogens with one attached hydrogen (secondary N) is 1. The Morgan fingerprint density at radius 1 is 1.15 bits per heavy atom. The molecule has 4 nitrogen and oxygen atoms in total. The number of amides is 1. The quantitative estimate of drug-likeness (QED) is 0.590. The zero-order valence-electron chi connectivity index (χ0n) is 15.8. The van der Waals surface area contributed by atoms with Gasteiger partial charge in [-0.1, -0.05) is 50.0 Å². The monoisotopic (exact) mass is 350 g/mol. The molecule has 0 bridgehead atoms. The fourth-order valence-electron chi connectivity index (χ4n) is 2.23. The van der Waals surface area contributed by atoms with E-state index in [4.69, 9.17) is 4.74 Å². The summed E-state index contributed by atoms with van der Waals surface area (Å²) in [6.07, 6.45) is 4.58. The number of benzene rings is 1. The number of hydrogen-bond donors (Lipinski definition) is 1. The summed E-state index contributed by atoms with van der Waals surface area (Å²) in [5.74, 6) is 6.17. The number of rotatable bonds is 1. The summed E-state index contributed by atoms with van der Waals surface area (Å²) in [5.41, 5.74) is 2.66. The highest BCUT2D eigenvalue weighted by atomic mass is 16.6. The zero-order valence-corrected chi connectivity index (χ0v) is 15.8. The summed E-state index contributed by atoms with van der Waals surface area (Å²) in [5, 5.41) is 2.77. The van der Waals surface area contributed by atoms with E-state index < -0.39 is 6.09 Å². The number of aromatic nitrogens is 1. The van der Waals surface area contributed by atoms with Crippen LogP contribution < -0.4 is 5.32 Å². The van der Waals surface area contributed by atoms with Gasteiger partial charge in [-0.3, -0.25) is 4.98 Å². The predicted octanol–water partition coefficient (Wildman–Crippen LogP) is 4.87. The summed E-state index contributed by atoms with van der Waals surface area (Å²) in [4.78, 5) is 15.4. The van der Waals surface area contributed by atoms with Crippen molar-refractivity contribution >= 4 is 6.09 Å². The summed E-state index contributed by atoms with van der Waals surface area (Å²) in [6, 6.07) is 11.5. The summed E-state index contributed by atoms with van der Waals surface area (Å²) < 4.78 is 5.08. The Hall–Kier alpha value is -3.06. The van der Waals surface area contributed by atoms with E-state index >= 15 is 0 Å². The van der Waals surface area contributed by atoms with Gasteiger partial charge in [0.1, 0.15) is 6.10 Å². The van der Waals surface area contributed by atoms with Gasteiger partial charge in [-0.25, -0.2) is 4.79 Å². The lowest BCUT2D eigenvalue weighted by atomic mass is 10.0. The third-order valence-corrected chi connectivity index (χ3v) is 3.28. The summed E-state index contributed by atoms with van der Waals surface area (Å²) >= 11 is 0. The van der Waals surface area contributed by atoms with E-state index in [1.54, 1.807) is 18.5 Å². The predicted molar refractivity (Wildman–Crippen MR) is 106 cm³/mol. The number of cyclic esters (lactones) is 1. The first-order valence-electron chi connectivity index (χ1n) is 8.70. The van der Waals surface area contributed by atoms with Crippen LogP contribution in [0.15, 0.2) is 61.4 Å². The Labute approximate surface area is 156 Å². The fraction of sp³-hybridized carbons (Fsp3) is 0.273. The average Bonchev–Trinajstić information content (AvgIpc) is 3.02. The number of alkyl carbamates (subject to hydrolysis) is 1. The minimum absolute atomic E-state index is 0.177. The molecule has 1 aromatic heterocycles. The van der Waals surface area contributed by atoms with E-state index in [0.29, 0.717) is 0 Å². The molecule has 1 aromatic carbocycles. The number of pyridine rings is 1. The second-order valence-electron chi connectivity index (χ2n) is 5.26. The minimum atomic E-state index is -0.395. The smallest absolute Gasteiger partial charge is 0.408 e. The molecule has 1 aliphatic rings. The van der Waals surface area contributed by atoms with E-state index in [0.717, 1.165) is 16.7 Å². The van der Waals surface area contributed by atoms with Gasteiger partial charge in [0.2, 0.25) is 0 Å². The Morgan fingerprint density at radius 3 is 2.35 bits per heavy atom. The topological polar surface area (TPSA) is 51.2 Å². The molecule has 1 fully saturated rings. The lowest BCUT2D eigenvalue weighted by Gasteiger charge is -2.12. The van der Waals surface area contributed by atoms with Crippen LogP contribution in [-0.2, 0) is 4.74 Å². The van der Waals surface area contributed by atoms with Gasteiger partial charge < -0.3 is 10.1 Å². The number of ether oxygens (including phenoxy) is 1. The van der Waals surface area contributed by atoms with Crippen LogP contribution in [0.25, 0.3) is 0 Å². The van der Waals surface area contributed by atoms with Gasteiger partial charge in [-0.2, -0.15) is 0 Å². The molecule has 1 amide bonds. The second kappa shape index (κ2) is 11.5. The maximum absolute atomic E-state index is 11.3. The molecule has 1 N–H and O–H groups in total. The SMILES string of the molecule is C=CC.CC.C[C@@H]1OC(=O)N[C@@H]1c1cncc(C#Cc2ccccc2)c1. The lowest BCUT2D eigenvalue weighted by Crippen LogP contribution is -2.21. The van der Waals surface area contributed by atoms with E-state index in [1.165, 1.54) is 0 Å². The first kappa shape index (κ1) is 21.0. The van der Waals surface area contributed by atoms with Crippen molar-refractivity contribution in [2.45, 2.75) is 39.8 Å². The van der Waals surface area contributed by atoms with Crippen molar-refractivity contribution in [2.24, 2.45) is 0 Å². The molecular formula is C22H26N2O2. The molecule has 0 aliphatic carbocycles. The van der Waals surface area contributed by atoms with Gasteiger partial charge in [0.25, 0.3) is 0 Å². The number of carbonyl (C=O) groups is 1. The van der Waals surface area contributed by atoms with Gasteiger partial charge in [0.15, 0.2) is 0 Å². The van der Waals surface area contributed by atoms with Gasteiger partial charge in [-0.15, -0.1) is 6.58 Å². The molecule has 0 radical (unpaired) electrons. The standard InChI is InChI=1S/C17H14N2O2.C3H6.C2H6/c1-12-16(19-17(20)21-12)15-9-14(10-18-11-15)8-7-13-5-3-2-4-6-13;1-3-2;1-2/h2-6,9-12,16H,1H3,(H,19,20);3H,1H2,2H3;1-2H3/t12-,16-;;/m0../s1.